The fraction of sp³-hybridized carbons (Fsp3) is 0.778. The second kappa shape index (κ2) is 6.29. The Kier molecular flexibility index (Phi) is 5.00. The molecule has 1 unspecified atom stereocenters. The summed E-state index contributed by atoms with van der Waals surface area (Å²) < 4.78 is 5.00. The van der Waals surface area contributed by atoms with Gasteiger partial charge in [0.15, 0.2) is 6.10 Å². The van der Waals surface area contributed by atoms with Gasteiger partial charge in [-0.15, -0.1) is 0 Å². The van der Waals surface area contributed by atoms with E-state index in [1.807, 2.05) is 0 Å². The van der Waals surface area contributed by atoms with E-state index in [2.05, 4.69) is 5.32 Å². The van der Waals surface area contributed by atoms with Crippen molar-refractivity contribution < 1.29 is 19.4 Å². The predicted octanol–water partition coefficient (Wildman–Crippen LogP) is -1.17. The minimum atomic E-state index is -1.04. The van der Waals surface area contributed by atoms with Gasteiger partial charge in [0.05, 0.1) is 13.2 Å². The molecule has 1 atom stereocenters. The van der Waals surface area contributed by atoms with Crippen LogP contribution in [0.3, 0.4) is 0 Å². The van der Waals surface area contributed by atoms with Crippen LogP contribution in [0.1, 0.15) is 6.42 Å². The van der Waals surface area contributed by atoms with E-state index in [9.17, 15) is 9.59 Å². The summed E-state index contributed by atoms with van der Waals surface area (Å²) in [5.41, 5.74) is 5.29. The van der Waals surface area contributed by atoms with Crippen LogP contribution < -0.4 is 11.1 Å². The Morgan fingerprint density at radius 2 is 2.31 bits per heavy atom. The fourth-order valence-electron chi connectivity index (χ4n) is 1.39. The van der Waals surface area contributed by atoms with E-state index in [1.165, 1.54) is 4.90 Å². The van der Waals surface area contributed by atoms with Gasteiger partial charge in [0.25, 0.3) is 0 Å². The van der Waals surface area contributed by atoms with Crippen molar-refractivity contribution >= 4 is 12.0 Å². The first-order valence-electron chi connectivity index (χ1n) is 5.22. The summed E-state index contributed by atoms with van der Waals surface area (Å²) in [6.45, 7) is 1.77. The maximum absolute atomic E-state index is 11.6. The Hall–Kier alpha value is -1.34. The van der Waals surface area contributed by atoms with E-state index in [0.717, 1.165) is 0 Å². The lowest BCUT2D eigenvalue weighted by atomic mass is 10.3. The number of morpholine rings is 1. The Morgan fingerprint density at radius 3 is 2.94 bits per heavy atom. The lowest BCUT2D eigenvalue weighted by Crippen LogP contribution is -2.51. The molecule has 0 aromatic carbocycles. The topological polar surface area (TPSA) is 105 Å². The number of rotatable bonds is 4. The third kappa shape index (κ3) is 3.67. The summed E-state index contributed by atoms with van der Waals surface area (Å²) in [5, 5.41) is 11.4. The Bertz CT molecular complexity index is 259. The number of urea groups is 1. The van der Waals surface area contributed by atoms with Gasteiger partial charge in [0, 0.05) is 13.1 Å². The van der Waals surface area contributed by atoms with E-state index in [-0.39, 0.29) is 19.2 Å². The number of ether oxygens (including phenoxy) is 1. The van der Waals surface area contributed by atoms with Crippen LogP contribution in [-0.4, -0.2) is 60.9 Å². The second-order valence-corrected chi connectivity index (χ2v) is 3.52. The van der Waals surface area contributed by atoms with Crippen molar-refractivity contribution in [2.45, 2.75) is 12.5 Å². The first-order chi connectivity index (χ1) is 7.65. The van der Waals surface area contributed by atoms with Crippen molar-refractivity contribution in [3.63, 3.8) is 0 Å². The number of nitrogens with zero attached hydrogens (tertiary/aromatic N) is 1. The molecule has 1 aliphatic heterocycles. The predicted molar refractivity (Wildman–Crippen MR) is 56.0 cm³/mol. The molecule has 2 amide bonds. The maximum atomic E-state index is 11.6. The fourth-order valence-corrected chi connectivity index (χ4v) is 1.39. The summed E-state index contributed by atoms with van der Waals surface area (Å²) in [6.07, 6.45) is -0.215. The zero-order valence-corrected chi connectivity index (χ0v) is 9.02. The second-order valence-electron chi connectivity index (χ2n) is 3.52. The number of hydrogen-bond donors (Lipinski definition) is 3. The first-order valence-corrected chi connectivity index (χ1v) is 5.22. The molecule has 1 aliphatic rings. The summed E-state index contributed by atoms with van der Waals surface area (Å²) in [6, 6.07) is -0.261. The van der Waals surface area contributed by atoms with Gasteiger partial charge in [-0.2, -0.15) is 0 Å². The van der Waals surface area contributed by atoms with Gasteiger partial charge < -0.3 is 25.8 Å². The number of hydrogen-bond acceptors (Lipinski definition) is 4. The van der Waals surface area contributed by atoms with Crippen molar-refractivity contribution in [2.24, 2.45) is 5.73 Å². The minimum absolute atomic E-state index is 0.0871. The lowest BCUT2D eigenvalue weighted by molar-refractivity contribution is -0.154. The molecule has 0 aliphatic carbocycles. The molecule has 16 heavy (non-hydrogen) atoms. The van der Waals surface area contributed by atoms with Crippen LogP contribution >= 0.6 is 0 Å². The molecule has 1 heterocycles. The highest BCUT2D eigenvalue weighted by Gasteiger charge is 2.28. The number of carbonyl (C=O) groups is 2. The van der Waals surface area contributed by atoms with E-state index in [1.54, 1.807) is 0 Å². The van der Waals surface area contributed by atoms with Crippen molar-refractivity contribution in [3.8, 4) is 0 Å². The molecule has 4 N–H and O–H groups in total. The smallest absolute Gasteiger partial charge is 0.334 e. The van der Waals surface area contributed by atoms with Crippen molar-refractivity contribution in [2.75, 3.05) is 32.8 Å². The highest BCUT2D eigenvalue weighted by Crippen LogP contribution is 2.05. The average Bonchev–Trinajstić information content (AvgIpc) is 2.29. The molecule has 1 rings (SSSR count). The van der Waals surface area contributed by atoms with Gasteiger partial charge in [-0.1, -0.05) is 0 Å². The van der Waals surface area contributed by atoms with Gasteiger partial charge in [-0.3, -0.25) is 0 Å². The van der Waals surface area contributed by atoms with Crippen LogP contribution in [0.2, 0.25) is 0 Å². The molecule has 0 saturated carbocycles. The summed E-state index contributed by atoms with van der Waals surface area (Å²) in [7, 11) is 0. The van der Waals surface area contributed by atoms with Gasteiger partial charge in [-0.25, -0.2) is 9.59 Å². The van der Waals surface area contributed by atoms with Gasteiger partial charge >= 0.3 is 12.0 Å². The van der Waals surface area contributed by atoms with Crippen LogP contribution in [0, 0.1) is 0 Å². The molecule has 92 valence electrons. The summed E-state index contributed by atoms with van der Waals surface area (Å²) in [5.74, 6) is -1.04. The highest BCUT2D eigenvalue weighted by atomic mass is 16.5. The van der Waals surface area contributed by atoms with E-state index < -0.39 is 12.1 Å². The number of nitrogens with one attached hydrogen (secondary N) is 1. The van der Waals surface area contributed by atoms with Crippen LogP contribution in [-0.2, 0) is 9.53 Å². The minimum Gasteiger partial charge on any atom is -0.479 e. The Balaban J connectivity index is 2.35. The monoisotopic (exact) mass is 231 g/mol. The van der Waals surface area contributed by atoms with Gasteiger partial charge in [0.1, 0.15) is 0 Å². The number of nitrogens with two attached hydrogens (primary N) is 1. The molecule has 0 aromatic rings. The molecule has 1 fully saturated rings. The SMILES string of the molecule is NCCCNC(=O)N1CCOC(C(=O)O)C1. The van der Waals surface area contributed by atoms with Crippen molar-refractivity contribution in [1.82, 2.24) is 10.2 Å². The lowest BCUT2D eigenvalue weighted by Gasteiger charge is -2.30. The molecule has 0 spiro atoms. The summed E-state index contributed by atoms with van der Waals surface area (Å²) >= 11 is 0. The first kappa shape index (κ1) is 12.7. The third-order valence-electron chi connectivity index (χ3n) is 2.29. The van der Waals surface area contributed by atoms with Crippen molar-refractivity contribution in [3.05, 3.63) is 0 Å². The number of carboxylic acid groups (broad SMARTS) is 1. The zero-order chi connectivity index (χ0) is 12.0. The highest BCUT2D eigenvalue weighted by molar-refractivity contribution is 5.77. The molecule has 0 aromatic heterocycles. The number of amides is 2. The van der Waals surface area contributed by atoms with E-state index in [4.69, 9.17) is 15.6 Å². The molecule has 0 bridgehead atoms. The maximum Gasteiger partial charge on any atom is 0.334 e. The number of carboxylic acids is 1. The van der Waals surface area contributed by atoms with Gasteiger partial charge in [0.2, 0.25) is 0 Å². The van der Waals surface area contributed by atoms with Gasteiger partial charge in [-0.05, 0) is 13.0 Å². The average molecular weight is 231 g/mol. The van der Waals surface area contributed by atoms with Crippen LogP contribution in [0.25, 0.3) is 0 Å². The van der Waals surface area contributed by atoms with Crippen LogP contribution in [0.5, 0.6) is 0 Å². The van der Waals surface area contributed by atoms with Crippen molar-refractivity contribution in [1.29, 1.82) is 0 Å². The Labute approximate surface area is 93.5 Å². The quantitative estimate of drug-likeness (QED) is 0.529. The van der Waals surface area contributed by atoms with Crippen LogP contribution in [0.15, 0.2) is 0 Å². The molecule has 1 saturated heterocycles. The number of aliphatic carboxylic acids is 1. The largest absolute Gasteiger partial charge is 0.479 e. The normalized spacial score (nSPS) is 20.6. The number of carbonyl (C=O) groups excluding carboxylic acids is 1. The molecule has 7 heteroatoms. The van der Waals surface area contributed by atoms with Crippen LogP contribution in [0.4, 0.5) is 4.79 Å². The molecule has 7 nitrogen and oxygen atoms in total. The van der Waals surface area contributed by atoms with E-state index in [0.29, 0.717) is 26.1 Å². The Morgan fingerprint density at radius 1 is 1.56 bits per heavy atom. The standard InChI is InChI=1S/C9H17N3O4/c10-2-1-3-11-9(15)12-4-5-16-7(6-12)8(13)14/h7H,1-6,10H2,(H,11,15)(H,13,14). The van der Waals surface area contributed by atoms with E-state index >= 15 is 0 Å². The molecular weight excluding hydrogens is 214 g/mol. The summed E-state index contributed by atoms with van der Waals surface area (Å²) in [4.78, 5) is 23.7. The third-order valence-corrected chi connectivity index (χ3v) is 2.29. The molecular formula is C9H17N3O4. The molecule has 0 radical (unpaired) electrons. The zero-order valence-electron chi connectivity index (χ0n) is 9.02.